The molecule has 3 rings (SSSR count). The van der Waals surface area contributed by atoms with Crippen LogP contribution in [-0.4, -0.2) is 109 Å². The lowest BCUT2D eigenvalue weighted by Gasteiger charge is -2.38. The van der Waals surface area contributed by atoms with Crippen LogP contribution in [0.4, 0.5) is 4.79 Å². The normalized spacial score (nSPS) is 23.3. The molecule has 1 atom stereocenters. The van der Waals surface area contributed by atoms with Crippen LogP contribution in [-0.2, 0) is 9.53 Å². The average Bonchev–Trinajstić information content (AvgIpc) is 3.01. The lowest BCUT2D eigenvalue weighted by molar-refractivity contribution is -0.136. The van der Waals surface area contributed by atoms with E-state index in [1.807, 2.05) is 16.7 Å². The van der Waals surface area contributed by atoms with Gasteiger partial charge in [-0.05, 0) is 13.0 Å². The zero-order valence-corrected chi connectivity index (χ0v) is 19.3. The number of likely N-dealkylation sites (N-methyl/N-ethyl adjacent to an activating group) is 1. The maximum absolute atomic E-state index is 12.4. The second-order valence-electron chi connectivity index (χ2n) is 8.09. The Morgan fingerprint density at radius 1 is 1.03 bits per heavy atom. The van der Waals surface area contributed by atoms with Crippen molar-refractivity contribution in [3.05, 3.63) is 0 Å². The molecule has 2 N–H and O–H groups in total. The summed E-state index contributed by atoms with van der Waals surface area (Å²) in [7, 11) is 0. The van der Waals surface area contributed by atoms with Crippen molar-refractivity contribution in [2.24, 2.45) is 5.73 Å². The smallest absolute Gasteiger partial charge is 0.410 e. The highest BCUT2D eigenvalue weighted by molar-refractivity contribution is 5.85. The number of nitrogens with two attached hydrogens (primary N) is 1. The second-order valence-corrected chi connectivity index (χ2v) is 8.09. The lowest BCUT2D eigenvalue weighted by atomic mass is 9.91. The predicted molar refractivity (Wildman–Crippen MR) is 118 cm³/mol. The molecule has 2 amide bonds. The van der Waals surface area contributed by atoms with Gasteiger partial charge in [-0.25, -0.2) is 4.79 Å². The number of ether oxygens (including phenoxy) is 1. The van der Waals surface area contributed by atoms with Gasteiger partial charge < -0.3 is 25.2 Å². The SMILES string of the molecule is CC[C@H](N)C(=O)N1CCC2(CC1)CN(CCN1CCN(CC)CC1)C(=O)O2.Cl.Cl. The highest BCUT2D eigenvalue weighted by Gasteiger charge is 2.47. The number of rotatable bonds is 6. The van der Waals surface area contributed by atoms with Crippen LogP contribution in [0.2, 0.25) is 0 Å². The molecule has 0 bridgehead atoms. The predicted octanol–water partition coefficient (Wildman–Crippen LogP) is 1.02. The quantitative estimate of drug-likeness (QED) is 0.646. The van der Waals surface area contributed by atoms with Crippen molar-refractivity contribution in [3.8, 4) is 0 Å². The van der Waals surface area contributed by atoms with E-state index in [2.05, 4.69) is 16.7 Å². The van der Waals surface area contributed by atoms with Crippen molar-refractivity contribution in [1.82, 2.24) is 19.6 Å². The van der Waals surface area contributed by atoms with Gasteiger partial charge in [-0.1, -0.05) is 13.8 Å². The molecule has 10 heteroatoms. The Labute approximate surface area is 186 Å². The Kier molecular flexibility index (Phi) is 10.5. The highest BCUT2D eigenvalue weighted by Crippen LogP contribution is 2.33. The minimum absolute atomic E-state index is 0. The number of carbonyl (C=O) groups excluding carboxylic acids is 2. The largest absolute Gasteiger partial charge is 0.441 e. The van der Waals surface area contributed by atoms with Crippen LogP contribution in [0.15, 0.2) is 0 Å². The molecule has 3 fully saturated rings. The van der Waals surface area contributed by atoms with Crippen LogP contribution in [0.5, 0.6) is 0 Å². The summed E-state index contributed by atoms with van der Waals surface area (Å²) in [6.07, 6.45) is 1.85. The van der Waals surface area contributed by atoms with E-state index < -0.39 is 11.6 Å². The molecule has 0 radical (unpaired) electrons. The van der Waals surface area contributed by atoms with Crippen LogP contribution in [0.1, 0.15) is 33.1 Å². The van der Waals surface area contributed by atoms with Gasteiger partial charge in [0.05, 0.1) is 12.6 Å². The van der Waals surface area contributed by atoms with Crippen molar-refractivity contribution >= 4 is 36.8 Å². The summed E-state index contributed by atoms with van der Waals surface area (Å²) in [5.74, 6) is 0.0137. The van der Waals surface area contributed by atoms with Gasteiger partial charge in [0, 0.05) is 65.2 Å². The summed E-state index contributed by atoms with van der Waals surface area (Å²) in [6, 6.07) is -0.421. The average molecular weight is 454 g/mol. The number of nitrogens with zero attached hydrogens (tertiary/aromatic N) is 4. The first kappa shape index (κ1) is 26.2. The molecule has 3 saturated heterocycles. The Bertz CT molecular complexity index is 538. The summed E-state index contributed by atoms with van der Waals surface area (Å²) >= 11 is 0. The molecule has 170 valence electrons. The van der Waals surface area contributed by atoms with E-state index in [0.717, 1.165) is 45.8 Å². The third kappa shape index (κ3) is 6.34. The Hall–Kier alpha value is -0.800. The van der Waals surface area contributed by atoms with Gasteiger partial charge in [-0.2, -0.15) is 0 Å². The first-order chi connectivity index (χ1) is 13.0. The standard InChI is InChI=1S/C19H35N5O3.2ClH/c1-3-16(20)17(25)23-7-5-19(6-8-23)15-24(18(26)27-19)14-13-22-11-9-21(4-2)10-12-22;;/h16H,3-15,20H2,1-2H3;2*1H/t16-;;/m0../s1. The van der Waals surface area contributed by atoms with E-state index >= 15 is 0 Å². The van der Waals surface area contributed by atoms with Gasteiger partial charge in [0.25, 0.3) is 0 Å². The van der Waals surface area contributed by atoms with Crippen LogP contribution < -0.4 is 5.73 Å². The van der Waals surface area contributed by atoms with E-state index in [1.165, 1.54) is 0 Å². The molecule has 3 aliphatic rings. The van der Waals surface area contributed by atoms with Crippen molar-refractivity contribution < 1.29 is 14.3 Å². The number of carbonyl (C=O) groups is 2. The van der Waals surface area contributed by atoms with Crippen molar-refractivity contribution in [2.75, 3.05) is 65.4 Å². The van der Waals surface area contributed by atoms with E-state index in [-0.39, 0.29) is 36.8 Å². The van der Waals surface area contributed by atoms with Crippen molar-refractivity contribution in [1.29, 1.82) is 0 Å². The van der Waals surface area contributed by atoms with Crippen LogP contribution in [0, 0.1) is 0 Å². The topological polar surface area (TPSA) is 82.4 Å². The van der Waals surface area contributed by atoms with Gasteiger partial charge in [-0.15, -0.1) is 24.8 Å². The van der Waals surface area contributed by atoms with E-state index in [1.54, 1.807) is 0 Å². The summed E-state index contributed by atoms with van der Waals surface area (Å²) in [6.45, 7) is 13.1. The summed E-state index contributed by atoms with van der Waals surface area (Å²) < 4.78 is 5.78. The fraction of sp³-hybridized carbons (Fsp3) is 0.895. The molecule has 0 unspecified atom stereocenters. The molecule has 0 aromatic carbocycles. The fourth-order valence-corrected chi connectivity index (χ4v) is 4.26. The number of amides is 2. The summed E-state index contributed by atoms with van der Waals surface area (Å²) in [5.41, 5.74) is 5.45. The van der Waals surface area contributed by atoms with Crippen molar-refractivity contribution in [3.63, 3.8) is 0 Å². The fourth-order valence-electron chi connectivity index (χ4n) is 4.26. The highest BCUT2D eigenvalue weighted by atomic mass is 35.5. The number of piperidine rings is 1. The maximum atomic E-state index is 12.4. The number of piperazine rings is 1. The third-order valence-electron chi connectivity index (χ3n) is 6.38. The van der Waals surface area contributed by atoms with Crippen LogP contribution >= 0.6 is 24.8 Å². The second kappa shape index (κ2) is 11.6. The van der Waals surface area contributed by atoms with Gasteiger partial charge >= 0.3 is 6.09 Å². The monoisotopic (exact) mass is 453 g/mol. The van der Waals surface area contributed by atoms with Gasteiger partial charge in [0.1, 0.15) is 5.60 Å². The zero-order valence-electron chi connectivity index (χ0n) is 17.7. The molecular weight excluding hydrogens is 417 g/mol. The Morgan fingerprint density at radius 3 is 2.17 bits per heavy atom. The van der Waals surface area contributed by atoms with E-state index in [9.17, 15) is 9.59 Å². The molecule has 3 heterocycles. The number of halogens is 2. The van der Waals surface area contributed by atoms with Crippen molar-refractivity contribution in [2.45, 2.75) is 44.8 Å². The molecular formula is C19H37Cl2N5O3. The van der Waals surface area contributed by atoms with Gasteiger partial charge in [-0.3, -0.25) is 9.69 Å². The Balaban J connectivity index is 0.00000210. The minimum atomic E-state index is -0.426. The first-order valence-electron chi connectivity index (χ1n) is 10.4. The molecule has 8 nitrogen and oxygen atoms in total. The molecule has 0 aliphatic carbocycles. The van der Waals surface area contributed by atoms with Gasteiger partial charge in [0.15, 0.2) is 0 Å². The van der Waals surface area contributed by atoms with E-state index in [4.69, 9.17) is 10.5 Å². The van der Waals surface area contributed by atoms with Crippen LogP contribution in [0.25, 0.3) is 0 Å². The summed E-state index contributed by atoms with van der Waals surface area (Å²) in [4.78, 5) is 33.2. The first-order valence-corrected chi connectivity index (χ1v) is 10.4. The number of likely N-dealkylation sites (tertiary alicyclic amines) is 1. The molecule has 29 heavy (non-hydrogen) atoms. The van der Waals surface area contributed by atoms with Crippen LogP contribution in [0.3, 0.4) is 0 Å². The Morgan fingerprint density at radius 2 is 1.62 bits per heavy atom. The molecule has 1 spiro atoms. The third-order valence-corrected chi connectivity index (χ3v) is 6.38. The molecule has 3 aliphatic heterocycles. The molecule has 0 aromatic heterocycles. The minimum Gasteiger partial charge on any atom is -0.441 e. The summed E-state index contributed by atoms with van der Waals surface area (Å²) in [5, 5.41) is 0. The maximum Gasteiger partial charge on any atom is 0.410 e. The molecule has 0 saturated carbocycles. The number of hydrogen-bond acceptors (Lipinski definition) is 6. The molecule has 0 aromatic rings. The van der Waals surface area contributed by atoms with Gasteiger partial charge in [0.2, 0.25) is 5.91 Å². The number of hydrogen-bond donors (Lipinski definition) is 1. The zero-order chi connectivity index (χ0) is 19.4. The van der Waals surface area contributed by atoms with E-state index in [0.29, 0.717) is 38.9 Å². The lowest BCUT2D eigenvalue weighted by Crippen LogP contribution is -2.52.